The van der Waals surface area contributed by atoms with Gasteiger partial charge in [-0.05, 0) is 114 Å². The van der Waals surface area contributed by atoms with Gasteiger partial charge >= 0.3 is 0 Å². The zero-order valence-corrected chi connectivity index (χ0v) is 28.7. The van der Waals surface area contributed by atoms with Crippen LogP contribution in [-0.2, 0) is 5.41 Å². The second-order valence-electron chi connectivity index (χ2n) is 14.4. The van der Waals surface area contributed by atoms with E-state index >= 15 is 0 Å². The molecule has 52 heavy (non-hydrogen) atoms. The van der Waals surface area contributed by atoms with Crippen molar-refractivity contribution >= 4 is 32.9 Å². The minimum absolute atomic E-state index is 0.314. The molecule has 0 aliphatic heterocycles. The van der Waals surface area contributed by atoms with E-state index in [4.69, 9.17) is 0 Å². The molecule has 0 N–H and O–H groups in total. The first-order valence-electron chi connectivity index (χ1n) is 18.4. The molecule has 3 aliphatic carbocycles. The average molecular weight is 662 g/mol. The number of fused-ring (bicyclic) bond motifs is 13. The number of rotatable bonds is 4. The molecule has 8 aromatic carbocycles. The molecule has 1 atom stereocenters. The Morgan fingerprint density at radius 2 is 1.02 bits per heavy atom. The molecule has 1 heteroatoms. The molecule has 0 saturated heterocycles. The van der Waals surface area contributed by atoms with Gasteiger partial charge in [0.1, 0.15) is 0 Å². The topological polar surface area (TPSA) is 3.24 Å². The number of nitrogens with zero attached hydrogens (tertiary/aromatic N) is 1. The molecule has 11 rings (SSSR count). The molecule has 1 unspecified atom stereocenters. The third kappa shape index (κ3) is 4.11. The summed E-state index contributed by atoms with van der Waals surface area (Å²) in [4.78, 5) is 2.45. The van der Waals surface area contributed by atoms with Gasteiger partial charge in [-0.2, -0.15) is 0 Å². The molecule has 244 valence electrons. The molecule has 1 nitrogen and oxygen atoms in total. The highest BCUT2D eigenvalue weighted by molar-refractivity contribution is 6.07. The van der Waals surface area contributed by atoms with Crippen molar-refractivity contribution in [2.45, 2.75) is 17.8 Å². The fourth-order valence-electron chi connectivity index (χ4n) is 9.52. The Labute approximate surface area is 304 Å². The van der Waals surface area contributed by atoms with Crippen LogP contribution in [0.3, 0.4) is 0 Å². The van der Waals surface area contributed by atoms with Crippen LogP contribution in [0.25, 0.3) is 43.8 Å². The van der Waals surface area contributed by atoms with E-state index in [1.807, 2.05) is 0 Å². The molecule has 0 amide bonds. The van der Waals surface area contributed by atoms with Crippen molar-refractivity contribution in [1.82, 2.24) is 0 Å². The lowest BCUT2D eigenvalue weighted by atomic mass is 9.70. The van der Waals surface area contributed by atoms with Crippen molar-refractivity contribution in [2.75, 3.05) is 4.90 Å². The number of hydrogen-bond acceptors (Lipinski definition) is 1. The largest absolute Gasteiger partial charge is 0.311 e. The van der Waals surface area contributed by atoms with Crippen LogP contribution in [0.15, 0.2) is 200 Å². The van der Waals surface area contributed by atoms with Gasteiger partial charge in [-0.1, -0.05) is 158 Å². The Morgan fingerprint density at radius 3 is 1.69 bits per heavy atom. The summed E-state index contributed by atoms with van der Waals surface area (Å²) in [5.41, 5.74) is 15.3. The maximum absolute atomic E-state index is 2.48. The van der Waals surface area contributed by atoms with Gasteiger partial charge in [-0.25, -0.2) is 0 Å². The van der Waals surface area contributed by atoms with Crippen molar-refractivity contribution in [1.29, 1.82) is 0 Å². The highest BCUT2D eigenvalue weighted by atomic mass is 15.1. The maximum atomic E-state index is 2.48. The van der Waals surface area contributed by atoms with Crippen molar-refractivity contribution in [2.24, 2.45) is 0 Å². The number of hydrogen-bond donors (Lipinski definition) is 0. The van der Waals surface area contributed by atoms with E-state index < -0.39 is 0 Å². The molecule has 0 bridgehead atoms. The number of para-hydroxylation sites is 1. The predicted octanol–water partition coefficient (Wildman–Crippen LogP) is 13.1. The average Bonchev–Trinajstić information content (AvgIpc) is 3.69. The van der Waals surface area contributed by atoms with E-state index in [1.165, 1.54) is 83.0 Å². The lowest BCUT2D eigenvalue weighted by Crippen LogP contribution is -2.26. The smallest absolute Gasteiger partial charge is 0.0726 e. The first kappa shape index (κ1) is 29.3. The van der Waals surface area contributed by atoms with Crippen LogP contribution in [0.2, 0.25) is 0 Å². The van der Waals surface area contributed by atoms with Gasteiger partial charge in [0.15, 0.2) is 0 Å². The first-order valence-corrected chi connectivity index (χ1v) is 18.4. The number of anilines is 2. The summed E-state index contributed by atoms with van der Waals surface area (Å²) in [6.07, 6.45) is 8.12. The monoisotopic (exact) mass is 661 g/mol. The van der Waals surface area contributed by atoms with Crippen LogP contribution in [0, 0.1) is 0 Å². The molecule has 0 saturated carbocycles. The highest BCUT2D eigenvalue weighted by Crippen LogP contribution is 2.63. The van der Waals surface area contributed by atoms with Crippen molar-refractivity contribution in [3.8, 4) is 22.3 Å². The van der Waals surface area contributed by atoms with Crippen LogP contribution >= 0.6 is 0 Å². The summed E-state index contributed by atoms with van der Waals surface area (Å²) in [5.74, 6) is 0.314. The summed E-state index contributed by atoms with van der Waals surface area (Å²) in [5, 5.41) is 5.22. The van der Waals surface area contributed by atoms with Gasteiger partial charge < -0.3 is 4.90 Å². The van der Waals surface area contributed by atoms with E-state index in [-0.39, 0.29) is 5.41 Å². The SMILES string of the molecule is C1=CC(c2ccc3ccc4ccccc4c3c2)CC=C1N(c1ccccc1)c1ccc2c(c1)C1(c3ccccc3-c3ccccc31)c1ccccc1-2. The van der Waals surface area contributed by atoms with E-state index in [2.05, 4.69) is 199 Å². The molecule has 0 aromatic heterocycles. The van der Waals surface area contributed by atoms with Crippen LogP contribution < -0.4 is 4.90 Å². The molecule has 3 aliphatic rings. The Kier molecular flexibility index (Phi) is 6.36. The van der Waals surface area contributed by atoms with Gasteiger partial charge in [0, 0.05) is 23.0 Å². The number of allylic oxidation sites excluding steroid dienone is 3. The third-order valence-electron chi connectivity index (χ3n) is 11.8. The molecular formula is C51H35N. The van der Waals surface area contributed by atoms with E-state index in [9.17, 15) is 0 Å². The summed E-state index contributed by atoms with van der Waals surface area (Å²) in [6.45, 7) is 0. The lowest BCUT2D eigenvalue weighted by Gasteiger charge is -2.33. The van der Waals surface area contributed by atoms with Gasteiger partial charge in [-0.15, -0.1) is 0 Å². The summed E-state index contributed by atoms with van der Waals surface area (Å²) >= 11 is 0. The summed E-state index contributed by atoms with van der Waals surface area (Å²) < 4.78 is 0. The zero-order valence-electron chi connectivity index (χ0n) is 28.7. The molecule has 1 spiro atoms. The summed E-state index contributed by atoms with van der Waals surface area (Å²) in [6, 6.07) is 65.4. The second-order valence-corrected chi connectivity index (χ2v) is 14.4. The minimum Gasteiger partial charge on any atom is -0.311 e. The molecule has 0 radical (unpaired) electrons. The Hall–Kier alpha value is -6.44. The number of benzene rings is 8. The quantitative estimate of drug-likeness (QED) is 0.170. The van der Waals surface area contributed by atoms with Crippen molar-refractivity contribution in [3.05, 3.63) is 228 Å². The first-order chi connectivity index (χ1) is 25.8. The predicted molar refractivity (Wildman–Crippen MR) is 217 cm³/mol. The van der Waals surface area contributed by atoms with E-state index in [1.54, 1.807) is 0 Å². The van der Waals surface area contributed by atoms with Crippen molar-refractivity contribution < 1.29 is 0 Å². The van der Waals surface area contributed by atoms with Crippen LogP contribution in [0.5, 0.6) is 0 Å². The maximum Gasteiger partial charge on any atom is 0.0726 e. The van der Waals surface area contributed by atoms with Crippen molar-refractivity contribution in [3.63, 3.8) is 0 Å². The van der Waals surface area contributed by atoms with E-state index in [0.29, 0.717) is 5.92 Å². The van der Waals surface area contributed by atoms with Gasteiger partial charge in [0.05, 0.1) is 5.41 Å². The van der Waals surface area contributed by atoms with Gasteiger partial charge in [-0.3, -0.25) is 0 Å². The normalized spacial score (nSPS) is 16.0. The standard InChI is InChI=1S/C51H35N/c1-2-13-38(14-3-1)52(39-28-26-34(27-29-39)37-25-24-36-23-22-35-12-4-5-15-41(35)46(36)32-37)40-30-31-45-44-18-8-11-21-49(44)51(50(45)33-40)47-19-9-6-16-42(47)43-17-7-10-20-48(43)51/h1-26,28-34H,27H2. The van der Waals surface area contributed by atoms with Gasteiger partial charge in [0.25, 0.3) is 0 Å². The zero-order chi connectivity index (χ0) is 34.2. The van der Waals surface area contributed by atoms with Crippen LogP contribution in [0.4, 0.5) is 11.4 Å². The molecule has 8 aromatic rings. The minimum atomic E-state index is -0.375. The van der Waals surface area contributed by atoms with Crippen LogP contribution in [0.1, 0.15) is 40.2 Å². The molecule has 0 heterocycles. The van der Waals surface area contributed by atoms with Crippen LogP contribution in [-0.4, -0.2) is 0 Å². The second kappa shape index (κ2) is 11.3. The Bertz CT molecular complexity index is 2720. The fourth-order valence-corrected chi connectivity index (χ4v) is 9.52. The Balaban J connectivity index is 1.04. The lowest BCUT2D eigenvalue weighted by molar-refractivity contribution is 0.793. The van der Waals surface area contributed by atoms with E-state index in [0.717, 1.165) is 12.1 Å². The third-order valence-corrected chi connectivity index (χ3v) is 11.8. The van der Waals surface area contributed by atoms with Gasteiger partial charge in [0.2, 0.25) is 0 Å². The summed E-state index contributed by atoms with van der Waals surface area (Å²) in [7, 11) is 0. The molecular weight excluding hydrogens is 627 g/mol. The molecule has 0 fully saturated rings. The Morgan fingerprint density at radius 1 is 0.442 bits per heavy atom. The highest BCUT2D eigenvalue weighted by Gasteiger charge is 2.51. The fraction of sp³-hybridized carbons (Fsp3) is 0.0588.